The Kier molecular flexibility index (Phi) is 10.4. The molecule has 7 nitrogen and oxygen atoms in total. The van der Waals surface area contributed by atoms with Crippen molar-refractivity contribution in [3.8, 4) is 62.9 Å². The van der Waals surface area contributed by atoms with Crippen LogP contribution >= 0.6 is 0 Å². The van der Waals surface area contributed by atoms with E-state index in [1.807, 2.05) is 78.9 Å². The van der Waals surface area contributed by atoms with Crippen molar-refractivity contribution >= 4 is 50.6 Å². The number of fused-ring (bicyclic) bond motifs is 3. The maximum Gasteiger partial charge on any atom is 0.238 e. The van der Waals surface area contributed by atoms with E-state index in [1.54, 1.807) is 0 Å². The number of hydrogen-bond acceptors (Lipinski definition) is 6. The minimum atomic E-state index is -2.88. The molecule has 0 saturated carbocycles. The normalized spacial score (nSPS) is 11.5. The van der Waals surface area contributed by atoms with Gasteiger partial charge in [0.15, 0.2) is 37.2 Å². The van der Waals surface area contributed by atoms with Crippen molar-refractivity contribution in [1.29, 1.82) is 0 Å². The van der Waals surface area contributed by atoms with Gasteiger partial charge < -0.3 is 0 Å². The van der Waals surface area contributed by atoms with E-state index < -0.39 is 8.07 Å². The topological polar surface area (TPSA) is 82.3 Å². The lowest BCUT2D eigenvalue weighted by Crippen LogP contribution is -2.74. The number of nitrogens with zero attached hydrogens (tertiary/aromatic N) is 7. The molecule has 3 aromatic heterocycles. The fourth-order valence-electron chi connectivity index (χ4n) is 9.55. The first-order chi connectivity index (χ1) is 33.7. The highest BCUT2D eigenvalue weighted by atomic mass is 28.3. The summed E-state index contributed by atoms with van der Waals surface area (Å²) in [4.78, 5) is 31.2. The van der Waals surface area contributed by atoms with Gasteiger partial charge in [0.25, 0.3) is 0 Å². The molecule has 0 radical (unpaired) electrons. The van der Waals surface area contributed by atoms with Crippen molar-refractivity contribution in [1.82, 2.24) is 34.5 Å². The molecule has 0 atom stereocenters. The van der Waals surface area contributed by atoms with Crippen molar-refractivity contribution in [2.24, 2.45) is 0 Å². The average molecular weight is 888 g/mol. The molecule has 0 aliphatic heterocycles. The standard InChI is InChI=1S/C60H41N7Si/c1-6-22-42(23-7-1)55-61-56(43-24-8-2-9-25-43)63-57(62-55)44-26-20-27-45(40-44)58-64-59(66-60(65-58)67-53-38-18-16-36-51(53)52-37-17-19-39-54(52)67)46-28-21-35-50(41-46)68(47-29-10-3-11-30-47,48-31-12-4-13-32-48)49-33-14-5-15-34-49/h1-41H. The second-order valence-corrected chi connectivity index (χ2v) is 20.5. The van der Waals surface area contributed by atoms with Crippen molar-refractivity contribution in [3.63, 3.8) is 0 Å². The van der Waals surface area contributed by atoms with Gasteiger partial charge in [-0.1, -0.05) is 231 Å². The van der Waals surface area contributed by atoms with Gasteiger partial charge in [0.2, 0.25) is 5.95 Å². The molecule has 0 aliphatic rings. The number of rotatable bonds is 10. The Morgan fingerprint density at radius 1 is 0.250 bits per heavy atom. The molecule has 3 heterocycles. The number of benzene rings is 9. The average Bonchev–Trinajstić information content (AvgIpc) is 3.77. The van der Waals surface area contributed by atoms with Crippen LogP contribution in [0.3, 0.4) is 0 Å². The van der Waals surface area contributed by atoms with Crippen molar-refractivity contribution < 1.29 is 0 Å². The SMILES string of the molecule is c1ccc(-c2nc(-c3ccccc3)nc(-c3cccc(-c4nc(-c5cccc([Si](c6ccccc6)(c6ccccc6)c6ccccc6)c5)nc(-n5c6ccccc6c6ccccc65)n4)c3)n2)cc1. The van der Waals surface area contributed by atoms with Gasteiger partial charge in [-0.2, -0.15) is 9.97 Å². The predicted molar refractivity (Wildman–Crippen MR) is 278 cm³/mol. The van der Waals surface area contributed by atoms with Gasteiger partial charge in [0, 0.05) is 38.6 Å². The molecular weight excluding hydrogens is 847 g/mol. The fourth-order valence-corrected chi connectivity index (χ4v) is 14.3. The van der Waals surface area contributed by atoms with Gasteiger partial charge in [0.05, 0.1) is 11.0 Å². The Morgan fingerprint density at radius 3 is 1.00 bits per heavy atom. The Bertz CT molecular complexity index is 3530. The lowest BCUT2D eigenvalue weighted by atomic mass is 10.1. The van der Waals surface area contributed by atoms with E-state index >= 15 is 0 Å². The molecule has 12 rings (SSSR count). The van der Waals surface area contributed by atoms with Crippen LogP contribution in [0.1, 0.15) is 0 Å². The maximum atomic E-state index is 5.41. The zero-order valence-electron chi connectivity index (χ0n) is 36.8. The summed E-state index contributed by atoms with van der Waals surface area (Å²) in [6, 6.07) is 86.9. The largest absolute Gasteiger partial charge is 0.278 e. The van der Waals surface area contributed by atoms with Crippen LogP contribution in [0, 0.1) is 0 Å². The van der Waals surface area contributed by atoms with Gasteiger partial charge in [-0.15, -0.1) is 0 Å². The van der Waals surface area contributed by atoms with Crippen LogP contribution in [0.25, 0.3) is 84.7 Å². The van der Waals surface area contributed by atoms with E-state index in [2.05, 4.69) is 174 Å². The van der Waals surface area contributed by atoms with Gasteiger partial charge in [-0.05, 0) is 38.9 Å². The molecule has 0 fully saturated rings. The zero-order valence-corrected chi connectivity index (χ0v) is 37.8. The maximum absolute atomic E-state index is 5.41. The van der Waals surface area contributed by atoms with Crippen LogP contribution in [0.15, 0.2) is 249 Å². The Labute approximate surface area is 394 Å². The number of para-hydroxylation sites is 2. The third-order valence-corrected chi connectivity index (χ3v) is 17.4. The minimum absolute atomic E-state index is 0.522. The van der Waals surface area contributed by atoms with Crippen LogP contribution in [0.2, 0.25) is 0 Å². The fraction of sp³-hybridized carbons (Fsp3) is 0. The van der Waals surface area contributed by atoms with Gasteiger partial charge in [0.1, 0.15) is 0 Å². The molecule has 0 N–H and O–H groups in total. The molecule has 68 heavy (non-hydrogen) atoms. The smallest absolute Gasteiger partial charge is 0.238 e. The summed E-state index contributed by atoms with van der Waals surface area (Å²) in [7, 11) is -2.88. The quantitative estimate of drug-likeness (QED) is 0.100. The molecule has 0 aliphatic carbocycles. The minimum Gasteiger partial charge on any atom is -0.278 e. The van der Waals surface area contributed by atoms with E-state index in [4.69, 9.17) is 29.9 Å². The van der Waals surface area contributed by atoms with Crippen molar-refractivity contribution in [2.75, 3.05) is 0 Å². The summed E-state index contributed by atoms with van der Waals surface area (Å²) in [5.74, 6) is 3.35. The van der Waals surface area contributed by atoms with E-state index in [0.717, 1.165) is 49.6 Å². The number of aromatic nitrogens is 7. The van der Waals surface area contributed by atoms with E-state index in [1.165, 1.54) is 20.7 Å². The molecule has 320 valence electrons. The number of hydrogen-bond donors (Lipinski definition) is 0. The zero-order chi connectivity index (χ0) is 45.3. The van der Waals surface area contributed by atoms with E-state index in [0.29, 0.717) is 35.1 Å². The third-order valence-electron chi connectivity index (χ3n) is 12.7. The Hall–Kier alpha value is -8.98. The summed E-state index contributed by atoms with van der Waals surface area (Å²) in [6.07, 6.45) is 0. The van der Waals surface area contributed by atoms with Crippen LogP contribution < -0.4 is 20.7 Å². The summed E-state index contributed by atoms with van der Waals surface area (Å²) in [6.45, 7) is 0. The lowest BCUT2D eigenvalue weighted by Gasteiger charge is -2.34. The Morgan fingerprint density at radius 2 is 0.559 bits per heavy atom. The first-order valence-corrected chi connectivity index (χ1v) is 24.7. The third kappa shape index (κ3) is 7.26. The summed E-state index contributed by atoms with van der Waals surface area (Å²) in [5, 5.41) is 7.34. The van der Waals surface area contributed by atoms with Crippen LogP contribution in [0.5, 0.6) is 0 Å². The molecule has 0 saturated heterocycles. The molecule has 0 spiro atoms. The van der Waals surface area contributed by atoms with Crippen molar-refractivity contribution in [2.45, 2.75) is 0 Å². The summed E-state index contributed by atoms with van der Waals surface area (Å²) >= 11 is 0. The molecule has 9 aromatic carbocycles. The Balaban J connectivity index is 1.08. The van der Waals surface area contributed by atoms with Gasteiger partial charge in [-0.3, -0.25) is 4.57 Å². The van der Waals surface area contributed by atoms with Crippen LogP contribution in [0.4, 0.5) is 0 Å². The van der Waals surface area contributed by atoms with Gasteiger partial charge >= 0.3 is 0 Å². The second kappa shape index (κ2) is 17.4. The highest BCUT2D eigenvalue weighted by Gasteiger charge is 2.41. The summed E-state index contributed by atoms with van der Waals surface area (Å²) < 4.78 is 2.16. The highest BCUT2D eigenvalue weighted by Crippen LogP contribution is 2.33. The lowest BCUT2D eigenvalue weighted by molar-refractivity contribution is 0.953. The molecule has 0 amide bonds. The van der Waals surface area contributed by atoms with Crippen molar-refractivity contribution in [3.05, 3.63) is 249 Å². The van der Waals surface area contributed by atoms with Crippen LogP contribution in [-0.4, -0.2) is 42.5 Å². The first-order valence-electron chi connectivity index (χ1n) is 22.7. The van der Waals surface area contributed by atoms with E-state index in [-0.39, 0.29) is 0 Å². The highest BCUT2D eigenvalue weighted by molar-refractivity contribution is 7.19. The predicted octanol–water partition coefficient (Wildman–Crippen LogP) is 10.9. The molecular formula is C60H41N7Si. The van der Waals surface area contributed by atoms with E-state index in [9.17, 15) is 0 Å². The monoisotopic (exact) mass is 887 g/mol. The van der Waals surface area contributed by atoms with Crippen LogP contribution in [-0.2, 0) is 0 Å². The molecule has 8 heteroatoms. The van der Waals surface area contributed by atoms with Gasteiger partial charge in [-0.25, -0.2) is 19.9 Å². The first kappa shape index (κ1) is 40.5. The molecule has 0 unspecified atom stereocenters. The molecule has 12 aromatic rings. The summed E-state index contributed by atoms with van der Waals surface area (Å²) in [5.41, 5.74) is 6.33. The molecule has 0 bridgehead atoms. The second-order valence-electron chi connectivity index (χ2n) is 16.7.